The fourth-order valence-electron chi connectivity index (χ4n) is 3.96. The first-order valence-corrected chi connectivity index (χ1v) is 8.35. The molecule has 20 heavy (non-hydrogen) atoms. The number of anilines is 1. The summed E-state index contributed by atoms with van der Waals surface area (Å²) in [5.41, 5.74) is 4.22. The monoisotopic (exact) mass is 290 g/mol. The smallest absolute Gasteiger partial charge is 0.407 e. The highest BCUT2D eigenvalue weighted by atomic mass is 32.2. The van der Waals surface area contributed by atoms with Crippen LogP contribution in [0.3, 0.4) is 0 Å². The van der Waals surface area contributed by atoms with Crippen LogP contribution in [0.4, 0.5) is 10.5 Å². The SMILES string of the molecule is O=C(O)N1CC[C@H]2[C@@H](C1)c1cccc3c1N2CCSC3. The molecule has 1 aromatic carbocycles. The summed E-state index contributed by atoms with van der Waals surface area (Å²) in [6, 6.07) is 7.08. The van der Waals surface area contributed by atoms with E-state index >= 15 is 0 Å². The number of piperidine rings is 1. The van der Waals surface area contributed by atoms with Gasteiger partial charge in [0.25, 0.3) is 0 Å². The molecule has 1 aromatic rings. The van der Waals surface area contributed by atoms with Crippen molar-refractivity contribution in [3.63, 3.8) is 0 Å². The number of hydrogen-bond acceptors (Lipinski definition) is 3. The standard InChI is InChI=1S/C15H18N2O2S/c18-15(19)16-5-4-13-12(8-16)11-3-1-2-10-9-20-7-6-17(13)14(10)11/h1-3,12-13H,4-9H2,(H,18,19)/t12-,13-/m0/s1. The summed E-state index contributed by atoms with van der Waals surface area (Å²) in [5.74, 6) is 2.61. The normalized spacial score (nSPS) is 27.8. The first kappa shape index (κ1) is 12.4. The second-order valence-corrected chi connectivity index (χ2v) is 6.90. The van der Waals surface area contributed by atoms with Gasteiger partial charge in [0.2, 0.25) is 0 Å². The van der Waals surface area contributed by atoms with E-state index in [1.165, 1.54) is 22.6 Å². The molecular formula is C15H18N2O2S. The molecule has 5 heteroatoms. The van der Waals surface area contributed by atoms with Crippen LogP contribution >= 0.6 is 11.8 Å². The lowest BCUT2D eigenvalue weighted by Crippen LogP contribution is -2.48. The number of para-hydroxylation sites is 1. The van der Waals surface area contributed by atoms with Crippen LogP contribution < -0.4 is 4.90 Å². The van der Waals surface area contributed by atoms with E-state index in [1.54, 1.807) is 4.90 Å². The van der Waals surface area contributed by atoms with Crippen LogP contribution in [-0.4, -0.2) is 47.5 Å². The van der Waals surface area contributed by atoms with Crippen molar-refractivity contribution in [2.45, 2.75) is 24.1 Å². The molecule has 3 heterocycles. The van der Waals surface area contributed by atoms with E-state index in [-0.39, 0.29) is 0 Å². The van der Waals surface area contributed by atoms with Crippen LogP contribution in [0.2, 0.25) is 0 Å². The van der Waals surface area contributed by atoms with E-state index in [1.807, 2.05) is 11.8 Å². The average molecular weight is 290 g/mol. The highest BCUT2D eigenvalue weighted by Gasteiger charge is 2.43. The summed E-state index contributed by atoms with van der Waals surface area (Å²) in [6.45, 7) is 2.42. The van der Waals surface area contributed by atoms with Gasteiger partial charge in [-0.3, -0.25) is 0 Å². The van der Waals surface area contributed by atoms with E-state index < -0.39 is 6.09 Å². The summed E-state index contributed by atoms with van der Waals surface area (Å²) < 4.78 is 0. The molecule has 1 fully saturated rings. The Hall–Kier alpha value is -1.36. The van der Waals surface area contributed by atoms with Crippen LogP contribution in [0.25, 0.3) is 0 Å². The van der Waals surface area contributed by atoms with Crippen molar-refractivity contribution in [2.75, 3.05) is 30.3 Å². The first-order valence-electron chi connectivity index (χ1n) is 7.20. The molecule has 0 aliphatic carbocycles. The topological polar surface area (TPSA) is 43.8 Å². The Bertz CT molecular complexity index is 563. The van der Waals surface area contributed by atoms with Gasteiger partial charge in [-0.05, 0) is 17.5 Å². The van der Waals surface area contributed by atoms with Gasteiger partial charge in [0.05, 0.1) is 0 Å². The summed E-state index contributed by atoms with van der Waals surface area (Å²) in [5, 5.41) is 9.25. The minimum Gasteiger partial charge on any atom is -0.465 e. The van der Waals surface area contributed by atoms with Crippen molar-refractivity contribution in [3.05, 3.63) is 29.3 Å². The number of fused-ring (bicyclic) bond motifs is 3. The molecule has 4 rings (SSSR count). The Morgan fingerprint density at radius 2 is 2.25 bits per heavy atom. The van der Waals surface area contributed by atoms with Crippen LogP contribution in [0.15, 0.2) is 18.2 Å². The van der Waals surface area contributed by atoms with Crippen LogP contribution in [0, 0.1) is 0 Å². The van der Waals surface area contributed by atoms with Gasteiger partial charge in [-0.15, -0.1) is 0 Å². The summed E-state index contributed by atoms with van der Waals surface area (Å²) >= 11 is 2.00. The molecule has 0 unspecified atom stereocenters. The van der Waals surface area contributed by atoms with Crippen molar-refractivity contribution in [2.24, 2.45) is 0 Å². The zero-order chi connectivity index (χ0) is 13.7. The maximum absolute atomic E-state index is 11.2. The van der Waals surface area contributed by atoms with Gasteiger partial charge in [-0.2, -0.15) is 11.8 Å². The van der Waals surface area contributed by atoms with Crippen molar-refractivity contribution >= 4 is 23.5 Å². The van der Waals surface area contributed by atoms with Crippen molar-refractivity contribution < 1.29 is 9.90 Å². The van der Waals surface area contributed by atoms with Gasteiger partial charge in [-0.25, -0.2) is 4.79 Å². The highest BCUT2D eigenvalue weighted by molar-refractivity contribution is 7.98. The summed E-state index contributed by atoms with van der Waals surface area (Å²) in [4.78, 5) is 15.4. The molecule has 0 saturated carbocycles. The second kappa shape index (κ2) is 4.58. The Labute approximate surface area is 122 Å². The molecule has 0 bridgehead atoms. The number of rotatable bonds is 0. The van der Waals surface area contributed by atoms with Gasteiger partial charge in [0.1, 0.15) is 0 Å². The van der Waals surface area contributed by atoms with Gasteiger partial charge in [0, 0.05) is 48.8 Å². The quantitative estimate of drug-likeness (QED) is 0.797. The molecule has 1 saturated heterocycles. The average Bonchev–Trinajstić information content (AvgIpc) is 2.63. The lowest BCUT2D eigenvalue weighted by atomic mass is 9.89. The number of amides is 1. The van der Waals surface area contributed by atoms with Crippen molar-refractivity contribution in [1.29, 1.82) is 0 Å². The van der Waals surface area contributed by atoms with Crippen LogP contribution in [0.5, 0.6) is 0 Å². The third kappa shape index (κ3) is 1.72. The highest BCUT2D eigenvalue weighted by Crippen LogP contribution is 2.48. The summed E-state index contributed by atoms with van der Waals surface area (Å²) in [6.07, 6.45) is 0.178. The minimum absolute atomic E-state index is 0.359. The molecule has 3 aliphatic heterocycles. The number of likely N-dealkylation sites (tertiary alicyclic amines) is 1. The minimum atomic E-state index is -0.776. The van der Waals surface area contributed by atoms with Gasteiger partial charge >= 0.3 is 6.09 Å². The lowest BCUT2D eigenvalue weighted by Gasteiger charge is -2.37. The lowest BCUT2D eigenvalue weighted by molar-refractivity contribution is 0.127. The Morgan fingerprint density at radius 3 is 3.10 bits per heavy atom. The summed E-state index contributed by atoms with van der Waals surface area (Å²) in [7, 11) is 0. The molecule has 1 N–H and O–H groups in total. The molecule has 0 radical (unpaired) electrons. The van der Waals surface area contributed by atoms with Crippen LogP contribution in [0.1, 0.15) is 23.5 Å². The molecule has 4 nitrogen and oxygen atoms in total. The number of thioether (sulfide) groups is 1. The van der Waals surface area contributed by atoms with Gasteiger partial charge in [0.15, 0.2) is 0 Å². The van der Waals surface area contributed by atoms with Crippen LogP contribution in [-0.2, 0) is 5.75 Å². The van der Waals surface area contributed by atoms with Crippen molar-refractivity contribution in [3.8, 4) is 0 Å². The van der Waals surface area contributed by atoms with E-state index in [2.05, 4.69) is 23.1 Å². The zero-order valence-corrected chi connectivity index (χ0v) is 12.1. The molecule has 106 valence electrons. The number of carboxylic acid groups (broad SMARTS) is 1. The molecular weight excluding hydrogens is 272 g/mol. The van der Waals surface area contributed by atoms with E-state index in [4.69, 9.17) is 0 Å². The molecule has 0 aromatic heterocycles. The molecule has 2 atom stereocenters. The van der Waals surface area contributed by atoms with Crippen molar-refractivity contribution in [1.82, 2.24) is 4.90 Å². The Balaban J connectivity index is 1.77. The Morgan fingerprint density at radius 1 is 1.35 bits per heavy atom. The largest absolute Gasteiger partial charge is 0.465 e. The zero-order valence-electron chi connectivity index (χ0n) is 11.3. The molecule has 3 aliphatic rings. The van der Waals surface area contributed by atoms with Gasteiger partial charge in [-0.1, -0.05) is 18.2 Å². The Kier molecular flexibility index (Phi) is 2.84. The number of benzene rings is 1. The molecule has 0 spiro atoms. The maximum Gasteiger partial charge on any atom is 0.407 e. The predicted molar refractivity (Wildman–Crippen MR) is 80.7 cm³/mol. The van der Waals surface area contributed by atoms with E-state index in [0.717, 1.165) is 18.7 Å². The third-order valence-electron chi connectivity index (χ3n) is 4.82. The number of carbonyl (C=O) groups is 1. The van der Waals surface area contributed by atoms with E-state index in [9.17, 15) is 9.90 Å². The van der Waals surface area contributed by atoms with Gasteiger partial charge < -0.3 is 14.9 Å². The maximum atomic E-state index is 11.2. The number of hydrogen-bond donors (Lipinski definition) is 1. The second-order valence-electron chi connectivity index (χ2n) is 5.79. The fourth-order valence-corrected chi connectivity index (χ4v) is 4.88. The predicted octanol–water partition coefficient (Wildman–Crippen LogP) is 2.59. The van der Waals surface area contributed by atoms with E-state index in [0.29, 0.717) is 25.0 Å². The first-order chi connectivity index (χ1) is 9.75. The third-order valence-corrected chi connectivity index (χ3v) is 5.81. The number of nitrogens with zero attached hydrogens (tertiary/aromatic N) is 2. The fraction of sp³-hybridized carbons (Fsp3) is 0.533. The molecule has 1 amide bonds.